The summed E-state index contributed by atoms with van der Waals surface area (Å²) < 4.78 is 0. The van der Waals surface area contributed by atoms with Crippen LogP contribution < -0.4 is 16.0 Å². The van der Waals surface area contributed by atoms with Gasteiger partial charge in [-0.3, -0.25) is 9.59 Å². The standard InChI is InChI=1S/C13H17N3O2.ClH/c14-7-6-12(17)15-10-3-1-4-11(9-10)16-8-2-5-13(16)18;/h1,3-4,9H,2,5-8,14H2,(H,15,17);1H. The van der Waals surface area contributed by atoms with E-state index in [2.05, 4.69) is 5.32 Å². The molecule has 2 rings (SSSR count). The Morgan fingerprint density at radius 2 is 2.21 bits per heavy atom. The van der Waals surface area contributed by atoms with E-state index in [1.54, 1.807) is 11.0 Å². The molecular formula is C13H18ClN3O2. The van der Waals surface area contributed by atoms with Crippen LogP contribution in [-0.2, 0) is 9.59 Å². The number of halogens is 1. The van der Waals surface area contributed by atoms with Gasteiger partial charge in [-0.05, 0) is 24.6 Å². The molecule has 1 aliphatic rings. The van der Waals surface area contributed by atoms with Crippen molar-refractivity contribution in [1.29, 1.82) is 0 Å². The van der Waals surface area contributed by atoms with Crippen LogP contribution in [0.15, 0.2) is 24.3 Å². The molecule has 0 spiro atoms. The lowest BCUT2D eigenvalue weighted by molar-refractivity contribution is -0.117. The minimum absolute atomic E-state index is 0. The van der Waals surface area contributed by atoms with Gasteiger partial charge in [-0.2, -0.15) is 0 Å². The molecule has 0 aromatic heterocycles. The number of anilines is 2. The maximum absolute atomic E-state index is 11.6. The molecule has 1 aromatic rings. The predicted molar refractivity (Wildman–Crippen MR) is 77.6 cm³/mol. The van der Waals surface area contributed by atoms with Crippen molar-refractivity contribution in [3.8, 4) is 0 Å². The first-order valence-corrected chi connectivity index (χ1v) is 6.11. The first kappa shape index (κ1) is 15.5. The summed E-state index contributed by atoms with van der Waals surface area (Å²) in [5.74, 6) is 0.0304. The van der Waals surface area contributed by atoms with E-state index in [9.17, 15) is 9.59 Å². The first-order chi connectivity index (χ1) is 8.70. The summed E-state index contributed by atoms with van der Waals surface area (Å²) in [5.41, 5.74) is 6.85. The van der Waals surface area contributed by atoms with E-state index in [4.69, 9.17) is 5.73 Å². The van der Waals surface area contributed by atoms with Gasteiger partial charge in [0.2, 0.25) is 11.8 Å². The number of carbonyl (C=O) groups is 2. The molecule has 0 bridgehead atoms. The number of hydrogen-bond acceptors (Lipinski definition) is 3. The largest absolute Gasteiger partial charge is 0.330 e. The van der Waals surface area contributed by atoms with Crippen molar-refractivity contribution in [3.05, 3.63) is 24.3 Å². The Morgan fingerprint density at radius 1 is 1.42 bits per heavy atom. The second-order valence-corrected chi connectivity index (χ2v) is 4.29. The van der Waals surface area contributed by atoms with Crippen molar-refractivity contribution in [2.24, 2.45) is 5.73 Å². The number of nitrogens with zero attached hydrogens (tertiary/aromatic N) is 1. The second-order valence-electron chi connectivity index (χ2n) is 4.29. The summed E-state index contributed by atoms with van der Waals surface area (Å²) in [5, 5.41) is 2.76. The normalized spacial score (nSPS) is 14.2. The Hall–Kier alpha value is -1.59. The van der Waals surface area contributed by atoms with Gasteiger partial charge >= 0.3 is 0 Å². The van der Waals surface area contributed by atoms with E-state index < -0.39 is 0 Å². The van der Waals surface area contributed by atoms with Crippen molar-refractivity contribution in [3.63, 3.8) is 0 Å². The smallest absolute Gasteiger partial charge is 0.227 e. The van der Waals surface area contributed by atoms with E-state index >= 15 is 0 Å². The zero-order chi connectivity index (χ0) is 13.0. The third-order valence-corrected chi connectivity index (χ3v) is 2.89. The van der Waals surface area contributed by atoms with Gasteiger partial charge in [0.1, 0.15) is 0 Å². The summed E-state index contributed by atoms with van der Waals surface area (Å²) in [6.45, 7) is 1.08. The van der Waals surface area contributed by atoms with Gasteiger partial charge in [-0.25, -0.2) is 0 Å². The molecular weight excluding hydrogens is 266 g/mol. The lowest BCUT2D eigenvalue weighted by atomic mass is 10.2. The monoisotopic (exact) mass is 283 g/mol. The quantitative estimate of drug-likeness (QED) is 0.880. The molecule has 0 aliphatic carbocycles. The first-order valence-electron chi connectivity index (χ1n) is 6.11. The van der Waals surface area contributed by atoms with Crippen LogP contribution in [0.1, 0.15) is 19.3 Å². The number of hydrogen-bond donors (Lipinski definition) is 2. The van der Waals surface area contributed by atoms with Crippen LogP contribution in [0.3, 0.4) is 0 Å². The highest BCUT2D eigenvalue weighted by Gasteiger charge is 2.21. The van der Waals surface area contributed by atoms with Crippen LogP contribution in [0.5, 0.6) is 0 Å². The molecule has 6 heteroatoms. The zero-order valence-electron chi connectivity index (χ0n) is 10.6. The van der Waals surface area contributed by atoms with E-state index in [1.165, 1.54) is 0 Å². The molecule has 2 amide bonds. The summed E-state index contributed by atoms with van der Waals surface area (Å²) in [4.78, 5) is 24.8. The van der Waals surface area contributed by atoms with Crippen LogP contribution in [0.4, 0.5) is 11.4 Å². The minimum Gasteiger partial charge on any atom is -0.330 e. The van der Waals surface area contributed by atoms with E-state index in [1.807, 2.05) is 18.2 Å². The number of carbonyl (C=O) groups excluding carboxylic acids is 2. The van der Waals surface area contributed by atoms with Crippen molar-refractivity contribution < 1.29 is 9.59 Å². The van der Waals surface area contributed by atoms with E-state index in [0.29, 0.717) is 25.1 Å². The third kappa shape index (κ3) is 3.94. The molecule has 1 heterocycles. The molecule has 0 radical (unpaired) electrons. The third-order valence-electron chi connectivity index (χ3n) is 2.89. The Bertz CT molecular complexity index is 465. The molecule has 3 N–H and O–H groups in total. The summed E-state index contributed by atoms with van der Waals surface area (Å²) in [6.07, 6.45) is 1.79. The number of nitrogens with two attached hydrogens (primary N) is 1. The van der Waals surface area contributed by atoms with Crippen molar-refractivity contribution >= 4 is 35.6 Å². The van der Waals surface area contributed by atoms with Crippen LogP contribution in [0.25, 0.3) is 0 Å². The number of rotatable bonds is 4. The molecule has 104 valence electrons. The maximum atomic E-state index is 11.6. The van der Waals surface area contributed by atoms with E-state index in [0.717, 1.165) is 18.7 Å². The Labute approximate surface area is 118 Å². The predicted octanol–water partition coefficient (Wildman–Crippen LogP) is 1.52. The van der Waals surface area contributed by atoms with Gasteiger partial charge in [0, 0.05) is 37.3 Å². The lowest BCUT2D eigenvalue weighted by Gasteiger charge is -2.16. The number of amides is 2. The molecule has 1 aliphatic heterocycles. The minimum atomic E-state index is -0.109. The SMILES string of the molecule is Cl.NCCC(=O)Nc1cccc(N2CCCC2=O)c1. The molecule has 1 aromatic carbocycles. The summed E-state index contributed by atoms with van der Waals surface area (Å²) >= 11 is 0. The molecule has 1 fully saturated rings. The molecule has 19 heavy (non-hydrogen) atoms. The van der Waals surface area contributed by atoms with Crippen LogP contribution in [0.2, 0.25) is 0 Å². The number of benzene rings is 1. The molecule has 5 nitrogen and oxygen atoms in total. The highest BCUT2D eigenvalue weighted by Crippen LogP contribution is 2.24. The average molecular weight is 284 g/mol. The van der Waals surface area contributed by atoms with Crippen LogP contribution in [0, 0.1) is 0 Å². The molecule has 1 saturated heterocycles. The van der Waals surface area contributed by atoms with Crippen LogP contribution in [-0.4, -0.2) is 24.9 Å². The Kier molecular flexibility index (Phi) is 5.79. The fourth-order valence-electron chi connectivity index (χ4n) is 2.03. The topological polar surface area (TPSA) is 75.4 Å². The van der Waals surface area contributed by atoms with Gasteiger partial charge in [0.05, 0.1) is 0 Å². The molecule has 0 unspecified atom stereocenters. The number of nitrogens with one attached hydrogen (secondary N) is 1. The van der Waals surface area contributed by atoms with Crippen LogP contribution >= 0.6 is 12.4 Å². The Balaban J connectivity index is 0.00000180. The van der Waals surface area contributed by atoms with Crippen molar-refractivity contribution in [2.75, 3.05) is 23.3 Å². The lowest BCUT2D eigenvalue weighted by Crippen LogP contribution is -2.23. The average Bonchev–Trinajstić information content (AvgIpc) is 2.76. The fourth-order valence-corrected chi connectivity index (χ4v) is 2.03. The zero-order valence-corrected chi connectivity index (χ0v) is 11.4. The molecule has 0 atom stereocenters. The van der Waals surface area contributed by atoms with Gasteiger partial charge < -0.3 is 16.0 Å². The fraction of sp³-hybridized carbons (Fsp3) is 0.385. The Morgan fingerprint density at radius 3 is 2.84 bits per heavy atom. The van der Waals surface area contributed by atoms with Gasteiger partial charge in [0.25, 0.3) is 0 Å². The van der Waals surface area contributed by atoms with Gasteiger partial charge in [-0.1, -0.05) is 6.07 Å². The maximum Gasteiger partial charge on any atom is 0.227 e. The second kappa shape index (κ2) is 7.11. The summed E-state index contributed by atoms with van der Waals surface area (Å²) in [7, 11) is 0. The summed E-state index contributed by atoms with van der Waals surface area (Å²) in [6, 6.07) is 7.33. The highest BCUT2D eigenvalue weighted by molar-refractivity contribution is 5.97. The van der Waals surface area contributed by atoms with Gasteiger partial charge in [-0.15, -0.1) is 12.4 Å². The highest BCUT2D eigenvalue weighted by atomic mass is 35.5. The van der Waals surface area contributed by atoms with Gasteiger partial charge in [0.15, 0.2) is 0 Å². The molecule has 0 saturated carbocycles. The van der Waals surface area contributed by atoms with E-state index in [-0.39, 0.29) is 24.2 Å². The van der Waals surface area contributed by atoms with Crippen molar-refractivity contribution in [1.82, 2.24) is 0 Å². The van der Waals surface area contributed by atoms with Crippen molar-refractivity contribution in [2.45, 2.75) is 19.3 Å².